The van der Waals surface area contributed by atoms with Crippen LogP contribution in [-0.2, 0) is 4.79 Å². The summed E-state index contributed by atoms with van der Waals surface area (Å²) < 4.78 is 0. The molecule has 0 radical (unpaired) electrons. The number of aliphatic hydroxyl groups excluding tert-OH is 1. The summed E-state index contributed by atoms with van der Waals surface area (Å²) in [6, 6.07) is 0. The maximum absolute atomic E-state index is 11.7. The van der Waals surface area contributed by atoms with Gasteiger partial charge in [0.25, 0.3) is 0 Å². The van der Waals surface area contributed by atoms with E-state index >= 15 is 0 Å². The van der Waals surface area contributed by atoms with Crippen molar-refractivity contribution in [2.24, 2.45) is 0 Å². The number of carbonyl (C=O) groups excluding carboxylic acids is 1. The molecule has 1 amide bonds. The summed E-state index contributed by atoms with van der Waals surface area (Å²) in [7, 11) is 0. The quantitative estimate of drug-likeness (QED) is 0.447. The predicted molar refractivity (Wildman–Crippen MR) is 73.9 cm³/mol. The molecular formula is C15H23NO2. The lowest BCUT2D eigenvalue weighted by Crippen LogP contribution is -2.30. The third kappa shape index (κ3) is 5.82. The molecule has 1 aliphatic rings. The van der Waals surface area contributed by atoms with Gasteiger partial charge in [-0.15, -0.1) is 0 Å². The minimum atomic E-state index is -0.406. The molecule has 0 aromatic carbocycles. The molecule has 3 nitrogen and oxygen atoms in total. The molecule has 1 atom stereocenters. The van der Waals surface area contributed by atoms with E-state index < -0.39 is 6.10 Å². The van der Waals surface area contributed by atoms with Gasteiger partial charge >= 0.3 is 0 Å². The molecule has 1 unspecified atom stereocenters. The van der Waals surface area contributed by atoms with Crippen LogP contribution in [0, 0.1) is 0 Å². The number of hydrogen-bond acceptors (Lipinski definition) is 2. The minimum absolute atomic E-state index is 0.0311. The maximum Gasteiger partial charge on any atom is 0.250 e. The molecule has 1 N–H and O–H groups in total. The van der Waals surface area contributed by atoms with E-state index in [0.717, 1.165) is 6.42 Å². The molecule has 0 aromatic rings. The number of aliphatic hydroxyl groups is 1. The van der Waals surface area contributed by atoms with Gasteiger partial charge in [-0.05, 0) is 25.3 Å². The lowest BCUT2D eigenvalue weighted by atomic mass is 10.2. The number of allylic oxidation sites excluding steroid dienone is 3. The van der Waals surface area contributed by atoms with E-state index in [-0.39, 0.29) is 5.91 Å². The van der Waals surface area contributed by atoms with Crippen molar-refractivity contribution in [3.63, 3.8) is 0 Å². The minimum Gasteiger partial charge on any atom is -0.389 e. The first kappa shape index (κ1) is 14.7. The lowest BCUT2D eigenvalue weighted by Gasteiger charge is -2.22. The van der Waals surface area contributed by atoms with Crippen LogP contribution in [0.1, 0.15) is 39.0 Å². The molecule has 100 valence electrons. The standard InChI is InChI=1S/C15H23NO2/c1-2-3-4-5-6-7-8-9-15(18)16-12-10-14(17)11-13-16/h6-10,12,14,17H,2-5,11,13H2,1H3. The average Bonchev–Trinajstić information content (AvgIpc) is 2.38. The first-order chi connectivity index (χ1) is 8.74. The van der Waals surface area contributed by atoms with E-state index in [2.05, 4.69) is 13.0 Å². The van der Waals surface area contributed by atoms with E-state index in [0.29, 0.717) is 13.0 Å². The average molecular weight is 249 g/mol. The number of nitrogens with zero attached hydrogens (tertiary/aromatic N) is 1. The van der Waals surface area contributed by atoms with Crippen LogP contribution in [0.4, 0.5) is 0 Å². The Morgan fingerprint density at radius 3 is 2.94 bits per heavy atom. The number of rotatable bonds is 6. The highest BCUT2D eigenvalue weighted by Gasteiger charge is 2.13. The first-order valence-corrected chi connectivity index (χ1v) is 6.74. The molecular weight excluding hydrogens is 226 g/mol. The molecule has 3 heteroatoms. The fraction of sp³-hybridized carbons (Fsp3) is 0.533. The highest BCUT2D eigenvalue weighted by Crippen LogP contribution is 2.07. The fourth-order valence-electron chi connectivity index (χ4n) is 1.75. The summed E-state index contributed by atoms with van der Waals surface area (Å²) in [5, 5.41) is 9.27. The number of hydrogen-bond donors (Lipinski definition) is 1. The van der Waals surface area contributed by atoms with E-state index in [1.54, 1.807) is 29.3 Å². The zero-order valence-corrected chi connectivity index (χ0v) is 11.1. The Morgan fingerprint density at radius 2 is 2.28 bits per heavy atom. The Kier molecular flexibility index (Phi) is 7.11. The Morgan fingerprint density at radius 1 is 1.44 bits per heavy atom. The molecule has 0 saturated carbocycles. The summed E-state index contributed by atoms with van der Waals surface area (Å²) in [5.41, 5.74) is 0. The molecule has 0 spiro atoms. The Hall–Kier alpha value is -1.35. The topological polar surface area (TPSA) is 40.5 Å². The smallest absolute Gasteiger partial charge is 0.250 e. The van der Waals surface area contributed by atoms with Gasteiger partial charge in [-0.3, -0.25) is 4.79 Å². The maximum atomic E-state index is 11.7. The second kappa shape index (κ2) is 8.70. The largest absolute Gasteiger partial charge is 0.389 e. The number of unbranched alkanes of at least 4 members (excludes halogenated alkanes) is 3. The monoisotopic (exact) mass is 249 g/mol. The van der Waals surface area contributed by atoms with Crippen LogP contribution in [0.15, 0.2) is 36.6 Å². The molecule has 0 bridgehead atoms. The molecule has 1 rings (SSSR count). The third-order valence-corrected chi connectivity index (χ3v) is 2.90. The molecule has 1 heterocycles. The van der Waals surface area contributed by atoms with Gasteiger partial charge in [0.2, 0.25) is 5.91 Å². The van der Waals surface area contributed by atoms with Crippen molar-refractivity contribution < 1.29 is 9.90 Å². The fourth-order valence-corrected chi connectivity index (χ4v) is 1.75. The molecule has 0 aliphatic carbocycles. The van der Waals surface area contributed by atoms with Gasteiger partial charge in [-0.25, -0.2) is 0 Å². The van der Waals surface area contributed by atoms with E-state index in [4.69, 9.17) is 0 Å². The van der Waals surface area contributed by atoms with Crippen molar-refractivity contribution in [2.45, 2.75) is 45.1 Å². The van der Waals surface area contributed by atoms with Crippen LogP contribution in [0.2, 0.25) is 0 Å². The van der Waals surface area contributed by atoms with Crippen LogP contribution < -0.4 is 0 Å². The Balaban J connectivity index is 2.25. The predicted octanol–water partition coefficient (Wildman–Crippen LogP) is 2.79. The van der Waals surface area contributed by atoms with Gasteiger partial charge in [0, 0.05) is 18.8 Å². The van der Waals surface area contributed by atoms with Crippen molar-refractivity contribution in [1.82, 2.24) is 4.90 Å². The van der Waals surface area contributed by atoms with Crippen LogP contribution in [0.5, 0.6) is 0 Å². The molecule has 0 saturated heterocycles. The van der Waals surface area contributed by atoms with Gasteiger partial charge in [-0.2, -0.15) is 0 Å². The zero-order chi connectivity index (χ0) is 13.2. The highest BCUT2D eigenvalue weighted by molar-refractivity contribution is 5.88. The number of amides is 1. The van der Waals surface area contributed by atoms with Gasteiger partial charge in [0.05, 0.1) is 6.10 Å². The summed E-state index contributed by atoms with van der Waals surface area (Å²) in [6.45, 7) is 2.77. The van der Waals surface area contributed by atoms with Crippen LogP contribution in [0.25, 0.3) is 0 Å². The van der Waals surface area contributed by atoms with Crippen molar-refractivity contribution in [2.75, 3.05) is 6.54 Å². The summed E-state index contributed by atoms with van der Waals surface area (Å²) in [5.74, 6) is -0.0311. The molecule has 0 fully saturated rings. The molecule has 0 aromatic heterocycles. The third-order valence-electron chi connectivity index (χ3n) is 2.90. The van der Waals surface area contributed by atoms with Crippen molar-refractivity contribution in [3.8, 4) is 0 Å². The Bertz CT molecular complexity index is 331. The summed E-state index contributed by atoms with van der Waals surface area (Å²) in [6.07, 6.45) is 15.7. The van der Waals surface area contributed by atoms with Gasteiger partial charge in [-0.1, -0.05) is 38.0 Å². The molecule has 1 aliphatic heterocycles. The van der Waals surface area contributed by atoms with E-state index in [1.807, 2.05) is 6.08 Å². The van der Waals surface area contributed by atoms with Crippen LogP contribution in [-0.4, -0.2) is 28.6 Å². The van der Waals surface area contributed by atoms with Crippen molar-refractivity contribution in [3.05, 3.63) is 36.6 Å². The zero-order valence-electron chi connectivity index (χ0n) is 11.1. The van der Waals surface area contributed by atoms with Crippen molar-refractivity contribution >= 4 is 5.91 Å². The second-order valence-corrected chi connectivity index (χ2v) is 4.51. The molecule has 18 heavy (non-hydrogen) atoms. The van der Waals surface area contributed by atoms with Gasteiger partial charge in [0.15, 0.2) is 0 Å². The van der Waals surface area contributed by atoms with Crippen molar-refractivity contribution in [1.29, 1.82) is 0 Å². The SMILES string of the molecule is CCCCCC=CC=CC(=O)N1C=CC(O)CC1. The highest BCUT2D eigenvalue weighted by atomic mass is 16.3. The van der Waals surface area contributed by atoms with Gasteiger partial charge in [0.1, 0.15) is 0 Å². The lowest BCUT2D eigenvalue weighted by molar-refractivity contribution is -0.124. The van der Waals surface area contributed by atoms with E-state index in [9.17, 15) is 9.90 Å². The first-order valence-electron chi connectivity index (χ1n) is 6.74. The van der Waals surface area contributed by atoms with Gasteiger partial charge < -0.3 is 10.0 Å². The Labute approximate surface area is 109 Å². The van der Waals surface area contributed by atoms with Crippen LogP contribution >= 0.6 is 0 Å². The normalized spacial score (nSPS) is 20.1. The number of carbonyl (C=O) groups is 1. The van der Waals surface area contributed by atoms with E-state index in [1.165, 1.54) is 19.3 Å². The second-order valence-electron chi connectivity index (χ2n) is 4.51. The van der Waals surface area contributed by atoms with Crippen LogP contribution in [0.3, 0.4) is 0 Å². The summed E-state index contributed by atoms with van der Waals surface area (Å²) >= 11 is 0. The summed E-state index contributed by atoms with van der Waals surface area (Å²) in [4.78, 5) is 13.3.